The largest absolute Gasteiger partial charge is 0.467 e. The Labute approximate surface area is 167 Å². The van der Waals surface area contributed by atoms with Gasteiger partial charge in [0.1, 0.15) is 6.61 Å². The van der Waals surface area contributed by atoms with Crippen LogP contribution in [0.5, 0.6) is 0 Å². The van der Waals surface area contributed by atoms with E-state index in [0.717, 1.165) is 16.9 Å². The molecule has 140 valence electrons. The standard InChI is InChI=1S/C22H18N2O3S/c25-17-27-14-19(21-15-28-16-23-21)13-24(20-9-5-2-6-10-20)22(26)12-11-18-7-3-1-4-8-18/h1-10,15-17,19H,13-14H2. The highest BCUT2D eigenvalue weighted by Gasteiger charge is 2.23. The normalized spacial score (nSPS) is 11.0. The van der Waals surface area contributed by atoms with Crippen molar-refractivity contribution in [1.29, 1.82) is 0 Å². The Hall–Kier alpha value is -3.43. The lowest BCUT2D eigenvalue weighted by Crippen LogP contribution is -2.35. The van der Waals surface area contributed by atoms with E-state index >= 15 is 0 Å². The summed E-state index contributed by atoms with van der Waals surface area (Å²) in [5.74, 6) is 5.03. The summed E-state index contributed by atoms with van der Waals surface area (Å²) in [6.45, 7) is 0.836. The molecule has 28 heavy (non-hydrogen) atoms. The van der Waals surface area contributed by atoms with E-state index < -0.39 is 0 Å². The number of aromatic nitrogens is 1. The summed E-state index contributed by atoms with van der Waals surface area (Å²) in [5.41, 5.74) is 3.98. The summed E-state index contributed by atoms with van der Waals surface area (Å²) in [5, 5.41) is 1.89. The van der Waals surface area contributed by atoms with Gasteiger partial charge in [0.25, 0.3) is 6.47 Å². The molecule has 0 fully saturated rings. The van der Waals surface area contributed by atoms with Gasteiger partial charge in [0, 0.05) is 29.1 Å². The first-order chi connectivity index (χ1) is 13.8. The molecule has 1 aromatic heterocycles. The minimum Gasteiger partial charge on any atom is -0.467 e. The van der Waals surface area contributed by atoms with Gasteiger partial charge in [0.15, 0.2) is 0 Å². The van der Waals surface area contributed by atoms with E-state index in [4.69, 9.17) is 4.74 Å². The second kappa shape index (κ2) is 10.0. The summed E-state index contributed by atoms with van der Waals surface area (Å²) in [4.78, 5) is 29.5. The zero-order chi connectivity index (χ0) is 19.6. The Balaban J connectivity index is 1.87. The van der Waals surface area contributed by atoms with Crippen molar-refractivity contribution < 1.29 is 14.3 Å². The molecular formula is C22H18N2O3S. The van der Waals surface area contributed by atoms with E-state index in [9.17, 15) is 9.59 Å². The molecule has 3 rings (SSSR count). The summed E-state index contributed by atoms with van der Waals surface area (Å²) < 4.78 is 4.98. The number of carbonyl (C=O) groups is 2. The zero-order valence-corrected chi connectivity index (χ0v) is 15.8. The Morgan fingerprint density at radius 3 is 2.50 bits per heavy atom. The summed E-state index contributed by atoms with van der Waals surface area (Å²) in [6.07, 6.45) is 0. The molecule has 0 N–H and O–H groups in total. The number of carbonyl (C=O) groups excluding carboxylic acids is 2. The highest BCUT2D eigenvalue weighted by Crippen LogP contribution is 2.22. The summed E-state index contributed by atoms with van der Waals surface area (Å²) in [7, 11) is 0. The number of hydrogen-bond donors (Lipinski definition) is 0. The molecule has 0 spiro atoms. The van der Waals surface area contributed by atoms with Crippen molar-refractivity contribution in [1.82, 2.24) is 4.98 Å². The smallest absolute Gasteiger partial charge is 0.303 e. The first-order valence-electron chi connectivity index (χ1n) is 8.65. The second-order valence-electron chi connectivity index (χ2n) is 5.91. The second-order valence-corrected chi connectivity index (χ2v) is 6.63. The zero-order valence-electron chi connectivity index (χ0n) is 15.0. The predicted molar refractivity (Wildman–Crippen MR) is 109 cm³/mol. The topological polar surface area (TPSA) is 59.5 Å². The lowest BCUT2D eigenvalue weighted by atomic mass is 10.1. The lowest BCUT2D eigenvalue weighted by Gasteiger charge is -2.25. The Kier molecular flexibility index (Phi) is 6.94. The van der Waals surface area contributed by atoms with Crippen LogP contribution in [0.4, 0.5) is 5.69 Å². The average Bonchev–Trinajstić information content (AvgIpc) is 3.28. The van der Waals surface area contributed by atoms with Gasteiger partial charge in [-0.3, -0.25) is 9.59 Å². The van der Waals surface area contributed by atoms with Crippen molar-refractivity contribution in [3.05, 3.63) is 82.8 Å². The SMILES string of the molecule is O=COCC(CN(C(=O)C#Cc1ccccc1)c1ccccc1)c1cscn1. The number of thiazole rings is 1. The highest BCUT2D eigenvalue weighted by atomic mass is 32.1. The van der Waals surface area contributed by atoms with Crippen LogP contribution in [0.3, 0.4) is 0 Å². The van der Waals surface area contributed by atoms with Crippen molar-refractivity contribution in [3.63, 3.8) is 0 Å². The third-order valence-electron chi connectivity index (χ3n) is 4.04. The van der Waals surface area contributed by atoms with E-state index in [1.165, 1.54) is 11.3 Å². The molecule has 0 radical (unpaired) electrons. The minimum atomic E-state index is -0.332. The van der Waals surface area contributed by atoms with Gasteiger partial charge in [-0.15, -0.1) is 11.3 Å². The van der Waals surface area contributed by atoms with Gasteiger partial charge in [-0.25, -0.2) is 4.98 Å². The Morgan fingerprint density at radius 1 is 1.14 bits per heavy atom. The van der Waals surface area contributed by atoms with Crippen LogP contribution in [-0.4, -0.2) is 30.5 Å². The van der Waals surface area contributed by atoms with Gasteiger partial charge in [-0.2, -0.15) is 0 Å². The van der Waals surface area contributed by atoms with Gasteiger partial charge in [-0.05, 0) is 24.3 Å². The van der Waals surface area contributed by atoms with E-state index in [-0.39, 0.29) is 18.4 Å². The van der Waals surface area contributed by atoms with Crippen molar-refractivity contribution in [2.45, 2.75) is 5.92 Å². The van der Waals surface area contributed by atoms with Gasteiger partial charge in [-0.1, -0.05) is 42.3 Å². The predicted octanol–water partition coefficient (Wildman–Crippen LogP) is 3.48. The minimum absolute atomic E-state index is 0.135. The van der Waals surface area contributed by atoms with Crippen molar-refractivity contribution in [2.24, 2.45) is 0 Å². The molecule has 1 atom stereocenters. The molecule has 0 aliphatic rings. The van der Waals surface area contributed by atoms with Gasteiger partial charge >= 0.3 is 5.91 Å². The number of para-hydroxylation sites is 1. The van der Waals surface area contributed by atoms with Crippen LogP contribution >= 0.6 is 11.3 Å². The average molecular weight is 390 g/mol. The maximum atomic E-state index is 12.9. The molecule has 3 aromatic rings. The molecule has 6 heteroatoms. The highest BCUT2D eigenvalue weighted by molar-refractivity contribution is 7.07. The quantitative estimate of drug-likeness (QED) is 0.458. The Bertz CT molecular complexity index is 948. The van der Waals surface area contributed by atoms with Gasteiger partial charge < -0.3 is 9.64 Å². The summed E-state index contributed by atoms with van der Waals surface area (Å²) in [6, 6.07) is 18.6. The van der Waals surface area contributed by atoms with Crippen LogP contribution in [0.2, 0.25) is 0 Å². The molecule has 0 saturated carbocycles. The van der Waals surface area contributed by atoms with Crippen LogP contribution in [0, 0.1) is 11.8 Å². The van der Waals surface area contributed by atoms with Crippen LogP contribution in [-0.2, 0) is 14.3 Å². The van der Waals surface area contributed by atoms with Crippen LogP contribution < -0.4 is 4.90 Å². The maximum absolute atomic E-state index is 12.9. The molecular weight excluding hydrogens is 372 g/mol. The fourth-order valence-electron chi connectivity index (χ4n) is 2.66. The maximum Gasteiger partial charge on any atom is 0.303 e. The molecule has 5 nitrogen and oxygen atoms in total. The number of ether oxygens (including phenoxy) is 1. The van der Waals surface area contributed by atoms with Crippen LogP contribution in [0.25, 0.3) is 0 Å². The number of rotatable bonds is 7. The van der Waals surface area contributed by atoms with Crippen molar-refractivity contribution in [2.75, 3.05) is 18.1 Å². The first kappa shape index (κ1) is 19.3. The van der Waals surface area contributed by atoms with Crippen LogP contribution in [0.1, 0.15) is 17.2 Å². The molecule has 2 aromatic carbocycles. The third-order valence-corrected chi connectivity index (χ3v) is 4.64. The number of nitrogens with zero attached hydrogens (tertiary/aromatic N) is 2. The monoisotopic (exact) mass is 390 g/mol. The molecule has 1 heterocycles. The molecule has 0 aliphatic heterocycles. The Morgan fingerprint density at radius 2 is 1.86 bits per heavy atom. The summed E-state index contributed by atoms with van der Waals surface area (Å²) >= 11 is 1.45. The van der Waals surface area contributed by atoms with E-state index in [1.54, 1.807) is 10.4 Å². The van der Waals surface area contributed by atoms with E-state index in [2.05, 4.69) is 16.8 Å². The molecule has 0 bridgehead atoms. The van der Waals surface area contributed by atoms with E-state index in [0.29, 0.717) is 13.0 Å². The first-order valence-corrected chi connectivity index (χ1v) is 9.59. The number of anilines is 1. The fourth-order valence-corrected chi connectivity index (χ4v) is 3.30. The third kappa shape index (κ3) is 5.29. The number of amides is 1. The van der Waals surface area contributed by atoms with Crippen molar-refractivity contribution in [3.8, 4) is 11.8 Å². The van der Waals surface area contributed by atoms with Gasteiger partial charge in [0.05, 0.1) is 17.1 Å². The molecule has 0 saturated heterocycles. The van der Waals surface area contributed by atoms with Crippen LogP contribution in [0.15, 0.2) is 71.6 Å². The molecule has 0 aliphatic carbocycles. The van der Waals surface area contributed by atoms with Crippen molar-refractivity contribution >= 4 is 29.4 Å². The lowest BCUT2D eigenvalue weighted by molar-refractivity contribution is -0.129. The molecule has 1 unspecified atom stereocenters. The number of benzene rings is 2. The van der Waals surface area contributed by atoms with Gasteiger partial charge in [0.2, 0.25) is 0 Å². The van der Waals surface area contributed by atoms with E-state index in [1.807, 2.05) is 66.0 Å². The fraction of sp³-hybridized carbons (Fsp3) is 0.136. The molecule has 1 amide bonds. The number of hydrogen-bond acceptors (Lipinski definition) is 5.